The molecule has 0 saturated carbocycles. The summed E-state index contributed by atoms with van der Waals surface area (Å²) >= 11 is 1.31. The molecule has 0 amide bonds. The summed E-state index contributed by atoms with van der Waals surface area (Å²) in [6.45, 7) is 3.88. The Kier molecular flexibility index (Phi) is 3.12. The van der Waals surface area contributed by atoms with Crippen LogP contribution in [0.3, 0.4) is 0 Å². The summed E-state index contributed by atoms with van der Waals surface area (Å²) in [5, 5.41) is 8.30. The van der Waals surface area contributed by atoms with Crippen molar-refractivity contribution in [1.29, 1.82) is 0 Å². The third-order valence-corrected chi connectivity index (χ3v) is 4.52. The molecule has 0 saturated heterocycles. The molecular formula is C17H13N3O2S. The number of thiazole rings is 1. The molecule has 0 aliphatic heterocycles. The summed E-state index contributed by atoms with van der Waals surface area (Å²) in [6.07, 6.45) is 1.74. The fraction of sp³-hybridized carbons (Fsp3) is 0.118. The molecule has 0 atom stereocenters. The van der Waals surface area contributed by atoms with Gasteiger partial charge in [-0.2, -0.15) is 0 Å². The number of aryl methyl sites for hydroxylation is 2. The molecule has 0 fully saturated rings. The fourth-order valence-electron chi connectivity index (χ4n) is 2.49. The largest absolute Gasteiger partial charge is 0.462 e. The van der Waals surface area contributed by atoms with Gasteiger partial charge < -0.3 is 4.42 Å². The van der Waals surface area contributed by atoms with Gasteiger partial charge in [0, 0.05) is 11.6 Å². The van der Waals surface area contributed by atoms with E-state index in [1.807, 2.05) is 50.2 Å². The zero-order chi connectivity index (χ0) is 16.0. The molecule has 0 bridgehead atoms. The Labute approximate surface area is 135 Å². The van der Waals surface area contributed by atoms with E-state index >= 15 is 0 Å². The number of hydrogen-bond acceptors (Lipinski definition) is 5. The molecule has 0 aliphatic carbocycles. The number of fused-ring (bicyclic) bond motifs is 1. The topological polar surface area (TPSA) is 60.4 Å². The number of benzene rings is 1. The number of rotatable bonds is 2. The summed E-state index contributed by atoms with van der Waals surface area (Å²) in [6, 6.07) is 11.6. The van der Waals surface area contributed by atoms with Crippen LogP contribution in [0.4, 0.5) is 0 Å². The maximum absolute atomic E-state index is 12.7. The van der Waals surface area contributed by atoms with Crippen molar-refractivity contribution in [3.05, 3.63) is 68.4 Å². The van der Waals surface area contributed by atoms with Gasteiger partial charge in [0.05, 0.1) is 0 Å². The summed E-state index contributed by atoms with van der Waals surface area (Å²) < 4.78 is 7.65. The average Bonchev–Trinajstić information content (AvgIpc) is 3.19. The van der Waals surface area contributed by atoms with Gasteiger partial charge in [-0.15, -0.1) is 10.2 Å². The van der Waals surface area contributed by atoms with Gasteiger partial charge in [-0.25, -0.2) is 4.40 Å². The maximum atomic E-state index is 12.7. The SMILES string of the molecule is Cc1cccc(-c2nnc3sc(=Cc4ccc(C)o4)c(=O)n23)c1. The van der Waals surface area contributed by atoms with Gasteiger partial charge >= 0.3 is 0 Å². The van der Waals surface area contributed by atoms with Gasteiger partial charge in [0.25, 0.3) is 5.56 Å². The fourth-order valence-corrected chi connectivity index (χ4v) is 3.39. The van der Waals surface area contributed by atoms with Gasteiger partial charge in [-0.1, -0.05) is 35.1 Å². The minimum absolute atomic E-state index is 0.124. The predicted molar refractivity (Wildman–Crippen MR) is 89.5 cm³/mol. The highest BCUT2D eigenvalue weighted by Gasteiger charge is 2.14. The van der Waals surface area contributed by atoms with Gasteiger partial charge in [0.2, 0.25) is 4.96 Å². The normalized spacial score (nSPS) is 12.3. The van der Waals surface area contributed by atoms with Crippen LogP contribution in [-0.4, -0.2) is 14.6 Å². The molecule has 0 N–H and O–H groups in total. The second-order valence-corrected chi connectivity index (χ2v) is 6.38. The summed E-state index contributed by atoms with van der Waals surface area (Å²) in [5.41, 5.74) is 1.87. The van der Waals surface area contributed by atoms with Crippen LogP contribution < -0.4 is 10.1 Å². The molecule has 0 unspecified atom stereocenters. The Hall–Kier alpha value is -2.73. The van der Waals surface area contributed by atoms with E-state index in [9.17, 15) is 4.79 Å². The molecule has 114 valence electrons. The van der Waals surface area contributed by atoms with Crippen LogP contribution >= 0.6 is 11.3 Å². The van der Waals surface area contributed by atoms with Crippen LogP contribution in [0.2, 0.25) is 0 Å². The van der Waals surface area contributed by atoms with Crippen molar-refractivity contribution < 1.29 is 4.42 Å². The van der Waals surface area contributed by atoms with Gasteiger partial charge in [-0.05, 0) is 32.0 Å². The van der Waals surface area contributed by atoms with E-state index in [0.29, 0.717) is 21.1 Å². The molecule has 3 aromatic heterocycles. The van der Waals surface area contributed by atoms with E-state index in [4.69, 9.17) is 4.42 Å². The van der Waals surface area contributed by atoms with Crippen molar-refractivity contribution in [2.24, 2.45) is 0 Å². The lowest BCUT2D eigenvalue weighted by atomic mass is 10.1. The number of nitrogens with zero attached hydrogens (tertiary/aromatic N) is 3. The molecule has 3 heterocycles. The van der Waals surface area contributed by atoms with Crippen molar-refractivity contribution in [3.8, 4) is 11.4 Å². The van der Waals surface area contributed by atoms with E-state index in [1.54, 1.807) is 10.5 Å². The third-order valence-electron chi connectivity index (χ3n) is 3.56. The highest BCUT2D eigenvalue weighted by Crippen LogP contribution is 2.19. The first-order valence-corrected chi connectivity index (χ1v) is 7.96. The van der Waals surface area contributed by atoms with Crippen LogP contribution in [-0.2, 0) is 0 Å². The number of hydrogen-bond donors (Lipinski definition) is 0. The first kappa shape index (κ1) is 13.9. The Morgan fingerprint density at radius 2 is 2.04 bits per heavy atom. The minimum Gasteiger partial charge on any atom is -0.462 e. The first-order valence-electron chi connectivity index (χ1n) is 7.15. The van der Waals surface area contributed by atoms with Crippen molar-refractivity contribution in [2.75, 3.05) is 0 Å². The van der Waals surface area contributed by atoms with Gasteiger partial charge in [0.1, 0.15) is 16.1 Å². The molecule has 5 nitrogen and oxygen atoms in total. The Bertz CT molecular complexity index is 1120. The second-order valence-electron chi connectivity index (χ2n) is 5.38. The highest BCUT2D eigenvalue weighted by molar-refractivity contribution is 7.15. The predicted octanol–water partition coefficient (Wildman–Crippen LogP) is 2.58. The van der Waals surface area contributed by atoms with E-state index in [2.05, 4.69) is 10.2 Å². The standard InChI is InChI=1S/C17H13N3O2S/c1-10-4-3-5-12(8-10)15-18-19-17-20(15)16(21)14(23-17)9-13-7-6-11(2)22-13/h3-9H,1-2H3. The quantitative estimate of drug-likeness (QED) is 0.569. The highest BCUT2D eigenvalue weighted by atomic mass is 32.1. The Morgan fingerprint density at radius 1 is 1.17 bits per heavy atom. The van der Waals surface area contributed by atoms with Crippen molar-refractivity contribution in [3.63, 3.8) is 0 Å². The molecular weight excluding hydrogens is 310 g/mol. The van der Waals surface area contributed by atoms with Crippen molar-refractivity contribution in [2.45, 2.75) is 13.8 Å². The lowest BCUT2D eigenvalue weighted by Gasteiger charge is -1.98. The molecule has 1 aromatic carbocycles. The van der Waals surface area contributed by atoms with Crippen molar-refractivity contribution in [1.82, 2.24) is 14.6 Å². The first-order chi connectivity index (χ1) is 11.1. The van der Waals surface area contributed by atoms with Gasteiger partial charge in [-0.3, -0.25) is 4.79 Å². The average molecular weight is 323 g/mol. The zero-order valence-corrected chi connectivity index (χ0v) is 13.4. The van der Waals surface area contributed by atoms with Crippen LogP contribution in [0.25, 0.3) is 22.4 Å². The molecule has 0 spiro atoms. The van der Waals surface area contributed by atoms with Crippen LogP contribution in [0, 0.1) is 13.8 Å². The molecule has 23 heavy (non-hydrogen) atoms. The van der Waals surface area contributed by atoms with Crippen LogP contribution in [0.1, 0.15) is 17.1 Å². The molecule has 6 heteroatoms. The molecule has 4 aromatic rings. The third kappa shape index (κ3) is 2.37. The molecule has 4 rings (SSSR count). The molecule has 0 aliphatic rings. The van der Waals surface area contributed by atoms with E-state index < -0.39 is 0 Å². The number of furan rings is 1. The Morgan fingerprint density at radius 3 is 2.78 bits per heavy atom. The minimum atomic E-state index is -0.124. The summed E-state index contributed by atoms with van der Waals surface area (Å²) in [5.74, 6) is 2.04. The summed E-state index contributed by atoms with van der Waals surface area (Å²) in [7, 11) is 0. The number of aromatic nitrogens is 3. The zero-order valence-electron chi connectivity index (χ0n) is 12.6. The van der Waals surface area contributed by atoms with E-state index in [-0.39, 0.29) is 5.56 Å². The molecule has 0 radical (unpaired) electrons. The summed E-state index contributed by atoms with van der Waals surface area (Å²) in [4.78, 5) is 13.3. The lowest BCUT2D eigenvalue weighted by molar-refractivity contribution is 0.525. The van der Waals surface area contributed by atoms with Crippen molar-refractivity contribution >= 4 is 22.4 Å². The smallest absolute Gasteiger partial charge is 0.276 e. The van der Waals surface area contributed by atoms with Gasteiger partial charge in [0.15, 0.2) is 5.82 Å². The van der Waals surface area contributed by atoms with Crippen LogP contribution in [0.5, 0.6) is 0 Å². The maximum Gasteiger partial charge on any atom is 0.276 e. The second kappa shape index (κ2) is 5.17. The van der Waals surface area contributed by atoms with E-state index in [0.717, 1.165) is 16.9 Å². The Balaban J connectivity index is 1.93. The monoisotopic (exact) mass is 323 g/mol. The van der Waals surface area contributed by atoms with E-state index in [1.165, 1.54) is 11.3 Å². The lowest BCUT2D eigenvalue weighted by Crippen LogP contribution is -2.23. The van der Waals surface area contributed by atoms with Crippen LogP contribution in [0.15, 0.2) is 45.6 Å².